The first-order valence-corrected chi connectivity index (χ1v) is 13.3. The molecule has 2 saturated heterocycles. The van der Waals surface area contributed by atoms with Crippen molar-refractivity contribution in [3.63, 3.8) is 0 Å². The van der Waals surface area contributed by atoms with Crippen molar-refractivity contribution in [1.82, 2.24) is 9.88 Å². The van der Waals surface area contributed by atoms with E-state index in [1.807, 2.05) is 18.2 Å². The van der Waals surface area contributed by atoms with Crippen molar-refractivity contribution in [1.29, 1.82) is 0 Å². The van der Waals surface area contributed by atoms with Gasteiger partial charge in [0.15, 0.2) is 0 Å². The van der Waals surface area contributed by atoms with Gasteiger partial charge < -0.3 is 20.0 Å². The molecule has 2 fully saturated rings. The second kappa shape index (κ2) is 10.4. The van der Waals surface area contributed by atoms with E-state index in [1.54, 1.807) is 0 Å². The van der Waals surface area contributed by atoms with Gasteiger partial charge in [-0.15, -0.1) is 0 Å². The summed E-state index contributed by atoms with van der Waals surface area (Å²) >= 11 is 0. The molecule has 2 aromatic carbocycles. The molecule has 2 amide bonds. The molecule has 1 N–H and O–H groups in total. The van der Waals surface area contributed by atoms with Crippen LogP contribution in [0, 0.1) is 26.7 Å². The van der Waals surface area contributed by atoms with Gasteiger partial charge in [0.1, 0.15) is 5.82 Å². The highest BCUT2D eigenvalue weighted by molar-refractivity contribution is 5.93. The van der Waals surface area contributed by atoms with Crippen molar-refractivity contribution in [3.8, 4) is 0 Å². The largest absolute Gasteiger partial charge is 0.368 e. The Bertz CT molecular complexity index is 1320. The van der Waals surface area contributed by atoms with E-state index in [2.05, 4.69) is 65.1 Å². The topological polar surface area (TPSA) is 68.8 Å². The van der Waals surface area contributed by atoms with Crippen LogP contribution >= 0.6 is 0 Å². The number of anilines is 3. The second-order valence-corrected chi connectivity index (χ2v) is 10.6. The van der Waals surface area contributed by atoms with Crippen LogP contribution in [0.5, 0.6) is 0 Å². The van der Waals surface area contributed by atoms with Gasteiger partial charge in [0.05, 0.1) is 5.52 Å². The van der Waals surface area contributed by atoms with Gasteiger partial charge in [0.2, 0.25) is 11.8 Å². The van der Waals surface area contributed by atoms with Gasteiger partial charge in [-0.3, -0.25) is 9.59 Å². The molecule has 194 valence electrons. The first kappa shape index (κ1) is 25.1. The summed E-state index contributed by atoms with van der Waals surface area (Å²) < 4.78 is 0. The summed E-state index contributed by atoms with van der Waals surface area (Å²) in [6.07, 6.45) is 1.71. The van der Waals surface area contributed by atoms with Gasteiger partial charge in [-0.2, -0.15) is 0 Å². The molecule has 0 aliphatic carbocycles. The molecule has 0 atom stereocenters. The number of rotatable bonds is 4. The lowest BCUT2D eigenvalue weighted by atomic mass is 9.94. The Morgan fingerprint density at radius 2 is 1.57 bits per heavy atom. The third-order valence-corrected chi connectivity index (χ3v) is 7.77. The number of piperazine rings is 1. The maximum atomic E-state index is 13.3. The molecule has 0 spiro atoms. The minimum Gasteiger partial charge on any atom is -0.368 e. The molecule has 0 bridgehead atoms. The quantitative estimate of drug-likeness (QED) is 0.564. The molecule has 0 saturated carbocycles. The molecule has 3 aromatic rings. The van der Waals surface area contributed by atoms with Crippen LogP contribution in [0.25, 0.3) is 10.9 Å². The van der Waals surface area contributed by atoms with Crippen molar-refractivity contribution in [3.05, 3.63) is 59.2 Å². The number of pyridine rings is 1. The van der Waals surface area contributed by atoms with Crippen LogP contribution in [0.3, 0.4) is 0 Å². The van der Waals surface area contributed by atoms with Crippen LogP contribution in [-0.2, 0) is 9.59 Å². The normalized spacial score (nSPS) is 16.8. The van der Waals surface area contributed by atoms with Crippen molar-refractivity contribution < 1.29 is 9.59 Å². The number of nitrogens with one attached hydrogen (secondary N) is 1. The van der Waals surface area contributed by atoms with Gasteiger partial charge in [-0.05, 0) is 75.1 Å². The third kappa shape index (κ3) is 5.41. The van der Waals surface area contributed by atoms with E-state index < -0.39 is 0 Å². The number of carbonyl (C=O) groups excluding carboxylic acids is 2. The third-order valence-electron chi connectivity index (χ3n) is 7.77. The molecule has 3 heterocycles. The highest BCUT2D eigenvalue weighted by Gasteiger charge is 2.31. The number of carbonyl (C=O) groups is 2. The first-order chi connectivity index (χ1) is 17.8. The zero-order chi connectivity index (χ0) is 26.1. The Kier molecular flexibility index (Phi) is 7.04. The number of aryl methyl sites for hydroxylation is 3. The second-order valence-electron chi connectivity index (χ2n) is 10.6. The van der Waals surface area contributed by atoms with Crippen LogP contribution in [0.15, 0.2) is 42.5 Å². The summed E-state index contributed by atoms with van der Waals surface area (Å²) in [5.74, 6) is 1.28. The molecule has 7 nitrogen and oxygen atoms in total. The van der Waals surface area contributed by atoms with Gasteiger partial charge in [-0.1, -0.05) is 17.7 Å². The Morgan fingerprint density at radius 1 is 0.838 bits per heavy atom. The molecule has 0 radical (unpaired) electrons. The molecule has 0 unspecified atom stereocenters. The van der Waals surface area contributed by atoms with Crippen molar-refractivity contribution >= 4 is 39.9 Å². The zero-order valence-electron chi connectivity index (χ0n) is 22.4. The summed E-state index contributed by atoms with van der Waals surface area (Å²) in [5.41, 5.74) is 6.71. The maximum Gasteiger partial charge on any atom is 0.225 e. The van der Waals surface area contributed by atoms with E-state index in [9.17, 15) is 9.59 Å². The molecule has 5 rings (SSSR count). The van der Waals surface area contributed by atoms with Crippen molar-refractivity contribution in [2.75, 3.05) is 54.4 Å². The van der Waals surface area contributed by atoms with Gasteiger partial charge in [0, 0.05) is 68.9 Å². The summed E-state index contributed by atoms with van der Waals surface area (Å²) in [4.78, 5) is 36.4. The zero-order valence-corrected chi connectivity index (χ0v) is 22.4. The monoisotopic (exact) mass is 499 g/mol. The number of fused-ring (bicyclic) bond motifs is 1. The number of piperidine rings is 1. The highest BCUT2D eigenvalue weighted by atomic mass is 16.2. The van der Waals surface area contributed by atoms with E-state index in [0.717, 1.165) is 80.1 Å². The van der Waals surface area contributed by atoms with Crippen molar-refractivity contribution in [2.24, 2.45) is 5.92 Å². The smallest absolute Gasteiger partial charge is 0.225 e. The summed E-state index contributed by atoms with van der Waals surface area (Å²) in [6.45, 7) is 12.9. The van der Waals surface area contributed by atoms with Crippen LogP contribution in [0.2, 0.25) is 0 Å². The van der Waals surface area contributed by atoms with E-state index in [0.29, 0.717) is 5.91 Å². The Morgan fingerprint density at radius 3 is 2.24 bits per heavy atom. The summed E-state index contributed by atoms with van der Waals surface area (Å²) in [7, 11) is 0. The minimum atomic E-state index is -0.0813. The van der Waals surface area contributed by atoms with Crippen LogP contribution in [-0.4, -0.2) is 61.0 Å². The number of hydrogen-bond donors (Lipinski definition) is 1. The summed E-state index contributed by atoms with van der Waals surface area (Å²) in [6, 6.07) is 14.6. The van der Waals surface area contributed by atoms with Crippen LogP contribution in [0.1, 0.15) is 36.5 Å². The van der Waals surface area contributed by atoms with E-state index in [4.69, 9.17) is 4.98 Å². The lowest BCUT2D eigenvalue weighted by molar-refractivity contribution is -0.136. The lowest BCUT2D eigenvalue weighted by Crippen LogP contribution is -2.52. The SMILES string of the molecule is CC(=O)Nc1ccc2nc(N3CCC(C(=O)N4CCN(c5ccc(C)cc5C)CC4)CC3)cc(C)c2c1. The molecule has 2 aliphatic rings. The Labute approximate surface area is 219 Å². The first-order valence-electron chi connectivity index (χ1n) is 13.3. The number of amides is 2. The molecular formula is C30H37N5O2. The summed E-state index contributed by atoms with van der Waals surface area (Å²) in [5, 5.41) is 3.89. The number of hydrogen-bond acceptors (Lipinski definition) is 5. The molecule has 37 heavy (non-hydrogen) atoms. The Hall–Kier alpha value is -3.61. The standard InChI is InChI=1S/C30H37N5O2/c1-20-5-8-28(22(3)17-20)33-13-15-35(16-14-33)30(37)24-9-11-34(12-10-24)29-18-21(2)26-19-25(31-23(4)36)6-7-27(26)32-29/h5-8,17-19,24H,9-16H2,1-4H3,(H,31,36). The maximum absolute atomic E-state index is 13.3. The highest BCUT2D eigenvalue weighted by Crippen LogP contribution is 2.29. The van der Waals surface area contributed by atoms with Crippen LogP contribution < -0.4 is 15.1 Å². The van der Waals surface area contributed by atoms with E-state index in [-0.39, 0.29) is 11.8 Å². The minimum absolute atomic E-state index is 0.0813. The van der Waals surface area contributed by atoms with Crippen molar-refractivity contribution in [2.45, 2.75) is 40.5 Å². The van der Waals surface area contributed by atoms with Gasteiger partial charge >= 0.3 is 0 Å². The molecular weight excluding hydrogens is 462 g/mol. The van der Waals surface area contributed by atoms with Crippen LogP contribution in [0.4, 0.5) is 17.2 Å². The predicted octanol–water partition coefficient (Wildman–Crippen LogP) is 4.68. The fourth-order valence-corrected chi connectivity index (χ4v) is 5.76. The number of nitrogens with zero attached hydrogens (tertiary/aromatic N) is 4. The Balaban J connectivity index is 1.18. The average molecular weight is 500 g/mol. The molecule has 2 aliphatic heterocycles. The van der Waals surface area contributed by atoms with E-state index >= 15 is 0 Å². The average Bonchev–Trinajstić information content (AvgIpc) is 2.88. The fraction of sp³-hybridized carbons (Fsp3) is 0.433. The fourth-order valence-electron chi connectivity index (χ4n) is 5.76. The molecule has 1 aromatic heterocycles. The number of aromatic nitrogens is 1. The molecule has 7 heteroatoms. The number of benzene rings is 2. The lowest BCUT2D eigenvalue weighted by Gasteiger charge is -2.40. The predicted molar refractivity (Wildman–Crippen MR) is 150 cm³/mol. The van der Waals surface area contributed by atoms with Gasteiger partial charge in [0.25, 0.3) is 0 Å². The van der Waals surface area contributed by atoms with E-state index in [1.165, 1.54) is 23.7 Å². The van der Waals surface area contributed by atoms with Gasteiger partial charge in [-0.25, -0.2) is 4.98 Å².